The zero-order chi connectivity index (χ0) is 20.3. The van der Waals surface area contributed by atoms with E-state index in [0.717, 1.165) is 5.75 Å². The lowest BCUT2D eigenvalue weighted by atomic mass is 10.1. The van der Waals surface area contributed by atoms with Crippen molar-refractivity contribution in [3.8, 4) is 5.75 Å². The third kappa shape index (κ3) is 4.57. The van der Waals surface area contributed by atoms with Crippen LogP contribution in [0.2, 0.25) is 0 Å². The minimum Gasteiger partial charge on any atom is -0.491 e. The maximum Gasteiger partial charge on any atom is 0.229 e. The van der Waals surface area contributed by atoms with E-state index in [0.29, 0.717) is 23.5 Å². The summed E-state index contributed by atoms with van der Waals surface area (Å²) in [5.74, 6) is 0.00214. The maximum absolute atomic E-state index is 12.6. The molecule has 6 nitrogen and oxygen atoms in total. The first-order valence-electron chi connectivity index (χ1n) is 9.32. The lowest BCUT2D eigenvalue weighted by Gasteiger charge is -2.17. The first-order valence-corrected chi connectivity index (χ1v) is 9.32. The molecule has 1 atom stereocenters. The Bertz CT molecular complexity index is 872. The molecule has 0 radical (unpaired) electrons. The standard InChI is InChI=1S/C22H24N2O4/c1-14(2)28-20-10-6-18(7-11-20)23-22(27)17-12-21(26)24(13-17)19-8-4-16(5-9-19)15(3)25/h4-11,14,17H,12-13H2,1-3H3,(H,23,27). The number of nitrogens with zero attached hydrogens (tertiary/aromatic N) is 1. The quantitative estimate of drug-likeness (QED) is 0.776. The second-order valence-corrected chi connectivity index (χ2v) is 7.19. The molecule has 1 saturated heterocycles. The Morgan fingerprint density at radius 2 is 1.71 bits per heavy atom. The van der Waals surface area contributed by atoms with Crippen LogP contribution in [0.3, 0.4) is 0 Å². The van der Waals surface area contributed by atoms with Crippen LogP contribution in [0.25, 0.3) is 0 Å². The number of anilines is 2. The molecular weight excluding hydrogens is 356 g/mol. The van der Waals surface area contributed by atoms with E-state index in [4.69, 9.17) is 4.74 Å². The lowest BCUT2D eigenvalue weighted by Crippen LogP contribution is -2.28. The number of hydrogen-bond acceptors (Lipinski definition) is 4. The van der Waals surface area contributed by atoms with Gasteiger partial charge < -0.3 is 15.0 Å². The summed E-state index contributed by atoms with van der Waals surface area (Å²) in [5.41, 5.74) is 1.95. The van der Waals surface area contributed by atoms with E-state index in [-0.39, 0.29) is 30.1 Å². The molecule has 0 aliphatic carbocycles. The summed E-state index contributed by atoms with van der Waals surface area (Å²) >= 11 is 0. The van der Waals surface area contributed by atoms with Gasteiger partial charge in [-0.2, -0.15) is 0 Å². The molecule has 2 aromatic carbocycles. The monoisotopic (exact) mass is 380 g/mol. The molecule has 146 valence electrons. The Morgan fingerprint density at radius 3 is 2.29 bits per heavy atom. The van der Waals surface area contributed by atoms with Gasteiger partial charge in [0.1, 0.15) is 5.75 Å². The smallest absolute Gasteiger partial charge is 0.229 e. The van der Waals surface area contributed by atoms with Gasteiger partial charge in [0.15, 0.2) is 5.78 Å². The summed E-state index contributed by atoms with van der Waals surface area (Å²) in [6, 6.07) is 14.0. The summed E-state index contributed by atoms with van der Waals surface area (Å²) in [6.07, 6.45) is 0.245. The van der Waals surface area contributed by atoms with Gasteiger partial charge in [-0.15, -0.1) is 0 Å². The Kier molecular flexibility index (Phi) is 5.78. The average molecular weight is 380 g/mol. The van der Waals surface area contributed by atoms with Gasteiger partial charge in [-0.1, -0.05) is 0 Å². The second-order valence-electron chi connectivity index (χ2n) is 7.19. The number of rotatable bonds is 6. The van der Waals surface area contributed by atoms with Crippen LogP contribution >= 0.6 is 0 Å². The van der Waals surface area contributed by atoms with E-state index < -0.39 is 5.92 Å². The van der Waals surface area contributed by atoms with Crippen LogP contribution < -0.4 is 15.0 Å². The van der Waals surface area contributed by atoms with Crippen molar-refractivity contribution < 1.29 is 19.1 Å². The molecule has 0 aromatic heterocycles. The molecule has 1 aliphatic heterocycles. The molecule has 2 amide bonds. The van der Waals surface area contributed by atoms with Crippen molar-refractivity contribution >= 4 is 29.0 Å². The van der Waals surface area contributed by atoms with E-state index in [9.17, 15) is 14.4 Å². The predicted molar refractivity (Wildman–Crippen MR) is 108 cm³/mol. The molecule has 1 N–H and O–H groups in total. The number of amides is 2. The molecule has 2 aromatic rings. The van der Waals surface area contributed by atoms with Gasteiger partial charge in [-0.3, -0.25) is 14.4 Å². The van der Waals surface area contributed by atoms with Crippen molar-refractivity contribution in [1.29, 1.82) is 0 Å². The molecule has 28 heavy (non-hydrogen) atoms. The summed E-state index contributed by atoms with van der Waals surface area (Å²) in [7, 11) is 0. The van der Waals surface area contributed by atoms with Crippen molar-refractivity contribution in [2.75, 3.05) is 16.8 Å². The lowest BCUT2D eigenvalue weighted by molar-refractivity contribution is -0.122. The van der Waals surface area contributed by atoms with Gasteiger partial charge in [0, 0.05) is 29.9 Å². The molecule has 6 heteroatoms. The third-order valence-electron chi connectivity index (χ3n) is 4.57. The number of hydrogen-bond donors (Lipinski definition) is 1. The Labute approximate surface area is 164 Å². The number of ketones is 1. The topological polar surface area (TPSA) is 75.7 Å². The molecule has 3 rings (SSSR count). The Morgan fingerprint density at radius 1 is 1.07 bits per heavy atom. The van der Waals surface area contributed by atoms with Crippen LogP contribution in [-0.4, -0.2) is 30.2 Å². The Balaban J connectivity index is 1.62. The molecule has 1 aliphatic rings. The highest BCUT2D eigenvalue weighted by Crippen LogP contribution is 2.27. The first kappa shape index (κ1) is 19.6. The van der Waals surface area contributed by atoms with Crippen molar-refractivity contribution in [2.45, 2.75) is 33.3 Å². The highest BCUT2D eigenvalue weighted by Gasteiger charge is 2.35. The summed E-state index contributed by atoms with van der Waals surface area (Å²) in [6.45, 7) is 5.72. The van der Waals surface area contributed by atoms with Crippen molar-refractivity contribution in [2.24, 2.45) is 5.92 Å². The number of carbonyl (C=O) groups excluding carboxylic acids is 3. The predicted octanol–water partition coefficient (Wildman–Crippen LogP) is 3.67. The Hall–Kier alpha value is -3.15. The fourth-order valence-corrected chi connectivity index (χ4v) is 3.14. The van der Waals surface area contributed by atoms with Gasteiger partial charge in [0.2, 0.25) is 11.8 Å². The normalized spacial score (nSPS) is 16.4. The van der Waals surface area contributed by atoms with E-state index >= 15 is 0 Å². The SMILES string of the molecule is CC(=O)c1ccc(N2CC(C(=O)Nc3ccc(OC(C)C)cc3)CC2=O)cc1. The van der Waals surface area contributed by atoms with Crippen molar-refractivity contribution in [1.82, 2.24) is 0 Å². The molecule has 1 fully saturated rings. The molecule has 0 bridgehead atoms. The summed E-state index contributed by atoms with van der Waals surface area (Å²) in [5, 5.41) is 2.86. The average Bonchev–Trinajstić information content (AvgIpc) is 3.05. The van der Waals surface area contributed by atoms with Gasteiger partial charge in [0.25, 0.3) is 0 Å². The van der Waals surface area contributed by atoms with Gasteiger partial charge in [0.05, 0.1) is 12.0 Å². The van der Waals surface area contributed by atoms with Crippen molar-refractivity contribution in [3.05, 3.63) is 54.1 Å². The third-order valence-corrected chi connectivity index (χ3v) is 4.57. The fraction of sp³-hybridized carbons (Fsp3) is 0.318. The van der Waals surface area contributed by atoms with Crippen LogP contribution in [0.1, 0.15) is 37.6 Å². The largest absolute Gasteiger partial charge is 0.491 e. The van der Waals surface area contributed by atoms with Crippen LogP contribution in [0.5, 0.6) is 5.75 Å². The second kappa shape index (κ2) is 8.25. The highest BCUT2D eigenvalue weighted by molar-refractivity contribution is 6.03. The van der Waals surface area contributed by atoms with E-state index in [1.165, 1.54) is 6.92 Å². The van der Waals surface area contributed by atoms with Crippen LogP contribution in [0.4, 0.5) is 11.4 Å². The number of carbonyl (C=O) groups is 3. The highest BCUT2D eigenvalue weighted by atomic mass is 16.5. The van der Waals surface area contributed by atoms with E-state index in [2.05, 4.69) is 5.32 Å². The molecule has 0 spiro atoms. The minimum absolute atomic E-state index is 0.0265. The van der Waals surface area contributed by atoms with E-state index in [1.54, 1.807) is 53.4 Å². The molecular formula is C22H24N2O4. The number of benzene rings is 2. The van der Waals surface area contributed by atoms with E-state index in [1.807, 2.05) is 13.8 Å². The molecule has 1 unspecified atom stereocenters. The number of Topliss-reactive ketones (excluding diaryl/α,β-unsaturated/α-hetero) is 1. The van der Waals surface area contributed by atoms with Crippen molar-refractivity contribution in [3.63, 3.8) is 0 Å². The zero-order valence-electron chi connectivity index (χ0n) is 16.3. The summed E-state index contributed by atoms with van der Waals surface area (Å²) in [4.78, 5) is 37.9. The van der Waals surface area contributed by atoms with Crippen LogP contribution in [-0.2, 0) is 9.59 Å². The van der Waals surface area contributed by atoms with Crippen LogP contribution in [0.15, 0.2) is 48.5 Å². The van der Waals surface area contributed by atoms with Crippen LogP contribution in [0, 0.1) is 5.92 Å². The number of ether oxygens (including phenoxy) is 1. The zero-order valence-corrected chi connectivity index (χ0v) is 16.3. The van der Waals surface area contributed by atoms with Gasteiger partial charge in [-0.25, -0.2) is 0 Å². The minimum atomic E-state index is -0.424. The molecule has 1 heterocycles. The number of nitrogens with one attached hydrogen (secondary N) is 1. The molecule has 0 saturated carbocycles. The van der Waals surface area contributed by atoms with Gasteiger partial charge >= 0.3 is 0 Å². The summed E-state index contributed by atoms with van der Waals surface area (Å²) < 4.78 is 5.59. The first-order chi connectivity index (χ1) is 13.3. The fourth-order valence-electron chi connectivity index (χ4n) is 3.14. The van der Waals surface area contributed by atoms with Gasteiger partial charge in [-0.05, 0) is 69.3 Å². The maximum atomic E-state index is 12.6.